The molecule has 2 amide bonds. The van der Waals surface area contributed by atoms with Crippen LogP contribution in [-0.4, -0.2) is 53.3 Å². The Morgan fingerprint density at radius 1 is 1.15 bits per heavy atom. The molecule has 0 radical (unpaired) electrons. The largest absolute Gasteiger partial charge is 0.465 e. The summed E-state index contributed by atoms with van der Waals surface area (Å²) in [4.78, 5) is 37.8. The summed E-state index contributed by atoms with van der Waals surface area (Å²) >= 11 is 0. The van der Waals surface area contributed by atoms with Gasteiger partial charge in [0.1, 0.15) is 11.6 Å². The number of carbonyl (C=O) groups excluding carboxylic acids is 2. The van der Waals surface area contributed by atoms with E-state index < -0.39 is 30.1 Å². The Bertz CT molecular complexity index is 1160. The van der Waals surface area contributed by atoms with Crippen molar-refractivity contribution in [3.8, 4) is 0 Å². The molecular formula is C24H24N2O7. The Morgan fingerprint density at radius 3 is 2.67 bits per heavy atom. The second-order valence-electron chi connectivity index (χ2n) is 7.62. The normalized spacial score (nSPS) is 17.8. The molecule has 1 aliphatic rings. The summed E-state index contributed by atoms with van der Waals surface area (Å²) in [6.07, 6.45) is -1.33. The lowest BCUT2D eigenvalue weighted by atomic mass is 10.1. The molecular weight excluding hydrogens is 428 g/mol. The average Bonchev–Trinajstić information content (AvgIpc) is 3.43. The first kappa shape index (κ1) is 22.3. The zero-order valence-electron chi connectivity index (χ0n) is 18.0. The summed E-state index contributed by atoms with van der Waals surface area (Å²) in [5.74, 6) is -0.986. The molecule has 33 heavy (non-hydrogen) atoms. The number of hydrogen-bond acceptors (Lipinski definition) is 6. The van der Waals surface area contributed by atoms with Gasteiger partial charge in [0, 0.05) is 17.6 Å². The number of ether oxygens (including phenoxy) is 2. The summed E-state index contributed by atoms with van der Waals surface area (Å²) in [7, 11) is 0. The van der Waals surface area contributed by atoms with E-state index in [0.29, 0.717) is 23.1 Å². The fraction of sp³-hybridized carbons (Fsp3) is 0.292. The van der Waals surface area contributed by atoms with Gasteiger partial charge in [0.25, 0.3) is 0 Å². The second kappa shape index (κ2) is 9.74. The zero-order valence-corrected chi connectivity index (χ0v) is 18.0. The lowest BCUT2D eigenvalue weighted by molar-refractivity contribution is -0.123. The van der Waals surface area contributed by atoms with Gasteiger partial charge >= 0.3 is 12.1 Å². The summed E-state index contributed by atoms with van der Waals surface area (Å²) in [6.45, 7) is 2.41. The number of carbonyl (C=O) groups is 3. The van der Waals surface area contributed by atoms with Crippen LogP contribution in [-0.2, 0) is 20.9 Å². The minimum atomic E-state index is -1.18. The first-order valence-electron chi connectivity index (χ1n) is 10.6. The van der Waals surface area contributed by atoms with Gasteiger partial charge in [-0.05, 0) is 43.2 Å². The molecule has 0 spiro atoms. The number of esters is 1. The van der Waals surface area contributed by atoms with Gasteiger partial charge in [-0.15, -0.1) is 0 Å². The number of nitrogens with one attached hydrogen (secondary N) is 1. The van der Waals surface area contributed by atoms with Crippen molar-refractivity contribution in [2.75, 3.05) is 18.5 Å². The lowest BCUT2D eigenvalue weighted by Crippen LogP contribution is -2.47. The van der Waals surface area contributed by atoms with Gasteiger partial charge in [0.05, 0.1) is 19.3 Å². The Morgan fingerprint density at radius 2 is 1.94 bits per heavy atom. The maximum atomic E-state index is 13.1. The van der Waals surface area contributed by atoms with E-state index >= 15 is 0 Å². The van der Waals surface area contributed by atoms with Crippen LogP contribution in [0.15, 0.2) is 59.0 Å². The fourth-order valence-electron chi connectivity index (χ4n) is 3.88. The summed E-state index contributed by atoms with van der Waals surface area (Å²) in [5.41, 5.74) is 1.85. The molecule has 172 valence electrons. The summed E-state index contributed by atoms with van der Waals surface area (Å²) < 4.78 is 16.4. The molecule has 2 N–H and O–H groups in total. The maximum absolute atomic E-state index is 13.1. The number of likely N-dealkylation sites (tertiary alicyclic amines) is 1. The number of furan rings is 1. The number of benzene rings is 2. The molecule has 0 saturated carbocycles. The minimum absolute atomic E-state index is 0.0672. The van der Waals surface area contributed by atoms with Crippen LogP contribution in [0.4, 0.5) is 10.5 Å². The van der Waals surface area contributed by atoms with Crippen LogP contribution in [0.3, 0.4) is 0 Å². The predicted octanol–water partition coefficient (Wildman–Crippen LogP) is 3.89. The van der Waals surface area contributed by atoms with Crippen LogP contribution in [0.2, 0.25) is 0 Å². The number of amides is 2. The molecule has 2 heterocycles. The SMILES string of the molecule is CCOC(=O)c1cc2cc(NC(=O)[C@@H]3[C@@H](OCc4ccccc4)CCN3C(=O)O)ccc2o1. The van der Waals surface area contributed by atoms with E-state index in [1.54, 1.807) is 25.1 Å². The number of carboxylic acid groups (broad SMARTS) is 1. The number of fused-ring (bicyclic) bond motifs is 1. The highest BCUT2D eigenvalue weighted by Gasteiger charge is 2.42. The molecule has 3 aromatic rings. The molecule has 1 fully saturated rings. The van der Waals surface area contributed by atoms with Crippen molar-refractivity contribution < 1.29 is 33.4 Å². The second-order valence-corrected chi connectivity index (χ2v) is 7.62. The molecule has 0 unspecified atom stereocenters. The molecule has 4 rings (SSSR count). The molecule has 1 aliphatic heterocycles. The van der Waals surface area contributed by atoms with Gasteiger partial charge in [0.15, 0.2) is 0 Å². The average molecular weight is 452 g/mol. The van der Waals surface area contributed by atoms with Crippen LogP contribution in [0, 0.1) is 0 Å². The van der Waals surface area contributed by atoms with Crippen LogP contribution < -0.4 is 5.32 Å². The third-order valence-corrected chi connectivity index (χ3v) is 5.42. The minimum Gasteiger partial charge on any atom is -0.465 e. The van der Waals surface area contributed by atoms with Gasteiger partial charge in [-0.2, -0.15) is 0 Å². The highest BCUT2D eigenvalue weighted by Crippen LogP contribution is 2.27. The van der Waals surface area contributed by atoms with E-state index in [4.69, 9.17) is 13.9 Å². The van der Waals surface area contributed by atoms with E-state index in [9.17, 15) is 19.5 Å². The van der Waals surface area contributed by atoms with Crippen molar-refractivity contribution in [1.82, 2.24) is 4.90 Å². The predicted molar refractivity (Wildman–Crippen MR) is 119 cm³/mol. The van der Waals surface area contributed by atoms with Gasteiger partial charge in [0.2, 0.25) is 11.7 Å². The van der Waals surface area contributed by atoms with Crippen molar-refractivity contribution in [2.45, 2.75) is 32.1 Å². The van der Waals surface area contributed by atoms with E-state index in [2.05, 4.69) is 5.32 Å². The molecule has 9 heteroatoms. The molecule has 1 aromatic heterocycles. The van der Waals surface area contributed by atoms with Gasteiger partial charge in [-0.3, -0.25) is 9.69 Å². The third kappa shape index (κ3) is 4.98. The number of hydrogen-bond donors (Lipinski definition) is 2. The van der Waals surface area contributed by atoms with Gasteiger partial charge < -0.3 is 24.3 Å². The van der Waals surface area contributed by atoms with Crippen LogP contribution in [0.25, 0.3) is 11.0 Å². The van der Waals surface area contributed by atoms with E-state index in [1.165, 1.54) is 6.07 Å². The molecule has 0 aliphatic carbocycles. The monoisotopic (exact) mass is 452 g/mol. The van der Waals surface area contributed by atoms with Crippen molar-refractivity contribution in [1.29, 1.82) is 0 Å². The first-order chi connectivity index (χ1) is 16.0. The molecule has 0 bridgehead atoms. The first-order valence-corrected chi connectivity index (χ1v) is 10.6. The van der Waals surface area contributed by atoms with Crippen LogP contribution in [0.5, 0.6) is 0 Å². The standard InChI is InChI=1S/C24H24N2O7/c1-2-31-23(28)20-13-16-12-17(8-9-18(16)33-20)25-22(27)21-19(10-11-26(21)24(29)30)32-14-15-6-4-3-5-7-15/h3-9,12-13,19,21H,2,10-11,14H2,1H3,(H,25,27)(H,29,30)/t19-,21-/m0/s1. The summed E-state index contributed by atoms with van der Waals surface area (Å²) in [6, 6.07) is 14.9. The third-order valence-electron chi connectivity index (χ3n) is 5.42. The Labute approximate surface area is 189 Å². The highest BCUT2D eigenvalue weighted by atomic mass is 16.5. The number of nitrogens with zero attached hydrogens (tertiary/aromatic N) is 1. The van der Waals surface area contributed by atoms with Gasteiger partial charge in [-0.25, -0.2) is 9.59 Å². The van der Waals surface area contributed by atoms with Crippen molar-refractivity contribution in [2.24, 2.45) is 0 Å². The van der Waals surface area contributed by atoms with Crippen molar-refractivity contribution in [3.63, 3.8) is 0 Å². The number of rotatable bonds is 7. The zero-order chi connectivity index (χ0) is 23.4. The van der Waals surface area contributed by atoms with Gasteiger partial charge in [-0.1, -0.05) is 30.3 Å². The Kier molecular flexibility index (Phi) is 6.60. The van der Waals surface area contributed by atoms with E-state index in [-0.39, 0.29) is 25.5 Å². The molecule has 1 saturated heterocycles. The molecule has 2 aromatic carbocycles. The quantitative estimate of drug-likeness (QED) is 0.522. The highest BCUT2D eigenvalue weighted by molar-refractivity contribution is 5.99. The molecule has 9 nitrogen and oxygen atoms in total. The van der Waals surface area contributed by atoms with E-state index in [1.807, 2.05) is 30.3 Å². The topological polar surface area (TPSA) is 118 Å². The number of anilines is 1. The lowest BCUT2D eigenvalue weighted by Gasteiger charge is -2.25. The smallest absolute Gasteiger partial charge is 0.408 e. The van der Waals surface area contributed by atoms with Crippen LogP contribution >= 0.6 is 0 Å². The fourth-order valence-corrected chi connectivity index (χ4v) is 3.88. The van der Waals surface area contributed by atoms with Crippen LogP contribution in [0.1, 0.15) is 29.5 Å². The van der Waals surface area contributed by atoms with E-state index in [0.717, 1.165) is 10.5 Å². The Balaban J connectivity index is 1.49. The van der Waals surface area contributed by atoms with Crippen molar-refractivity contribution in [3.05, 3.63) is 65.9 Å². The maximum Gasteiger partial charge on any atom is 0.408 e. The molecule has 2 atom stereocenters. The Hall–Kier alpha value is -3.85. The summed E-state index contributed by atoms with van der Waals surface area (Å²) in [5, 5.41) is 13.0. The van der Waals surface area contributed by atoms with Crippen molar-refractivity contribution >= 4 is 34.6 Å².